The molecule has 4 aromatic rings. The van der Waals surface area contributed by atoms with Crippen molar-refractivity contribution in [3.05, 3.63) is 65.6 Å². The highest BCUT2D eigenvalue weighted by atomic mass is 16.5. The maximum absolute atomic E-state index is 10.1. The third-order valence-corrected chi connectivity index (χ3v) is 10.5. The van der Waals surface area contributed by atoms with Crippen molar-refractivity contribution < 1.29 is 9.84 Å². The molecule has 46 heavy (non-hydrogen) atoms. The molecule has 5 saturated heterocycles. The van der Waals surface area contributed by atoms with E-state index >= 15 is 0 Å². The van der Waals surface area contributed by atoms with Crippen LogP contribution in [-0.4, -0.2) is 96.0 Å². The van der Waals surface area contributed by atoms with Gasteiger partial charge in [0.25, 0.3) is 0 Å². The third kappa shape index (κ3) is 5.48. The normalized spacial score (nSPS) is 25.9. The number of ether oxygens (including phenoxy) is 1. The van der Waals surface area contributed by atoms with E-state index in [9.17, 15) is 10.4 Å². The van der Waals surface area contributed by atoms with E-state index in [0.29, 0.717) is 36.3 Å². The largest absolute Gasteiger partial charge is 0.492 e. The van der Waals surface area contributed by atoms with Crippen LogP contribution in [0.25, 0.3) is 16.6 Å². The van der Waals surface area contributed by atoms with Gasteiger partial charge in [-0.1, -0.05) is 0 Å². The highest BCUT2D eigenvalue weighted by molar-refractivity contribution is 5.85. The number of rotatable bonds is 9. The summed E-state index contributed by atoms with van der Waals surface area (Å²) in [5.41, 5.74) is 5.14. The van der Waals surface area contributed by atoms with Crippen LogP contribution in [0.5, 0.6) is 5.75 Å². The number of aliphatic hydroxyl groups excluding tert-OH is 1. The van der Waals surface area contributed by atoms with Crippen LogP contribution in [0, 0.1) is 25.2 Å². The molecule has 5 atom stereocenters. The molecule has 0 radical (unpaired) electrons. The lowest BCUT2D eigenvalue weighted by Crippen LogP contribution is -2.68. The zero-order chi connectivity index (χ0) is 31.4. The molecule has 0 amide bonds. The van der Waals surface area contributed by atoms with Crippen molar-refractivity contribution in [1.29, 1.82) is 5.26 Å². The van der Waals surface area contributed by atoms with E-state index in [1.54, 1.807) is 10.7 Å². The molecular weight excluding hydrogens is 578 g/mol. The van der Waals surface area contributed by atoms with E-state index in [1.165, 1.54) is 19.3 Å². The summed E-state index contributed by atoms with van der Waals surface area (Å²) in [5, 5.41) is 24.4. The number of anilines is 1. The van der Waals surface area contributed by atoms with Gasteiger partial charge in [-0.25, -0.2) is 19.5 Å². The van der Waals surface area contributed by atoms with Gasteiger partial charge in [0.1, 0.15) is 23.5 Å². The molecule has 9 rings (SSSR count). The Morgan fingerprint density at radius 1 is 0.957 bits per heavy atom. The fourth-order valence-corrected chi connectivity index (χ4v) is 8.42. The number of piperazine rings is 1. The summed E-state index contributed by atoms with van der Waals surface area (Å²) in [7, 11) is 0. The van der Waals surface area contributed by atoms with Crippen molar-refractivity contribution in [2.24, 2.45) is 0 Å². The molecule has 0 aliphatic carbocycles. The minimum Gasteiger partial charge on any atom is -0.492 e. The Hall–Kier alpha value is -4.11. The first-order valence-electron chi connectivity index (χ1n) is 16.7. The Kier molecular flexibility index (Phi) is 7.59. The molecule has 4 aromatic heterocycles. The van der Waals surface area contributed by atoms with Crippen LogP contribution >= 0.6 is 0 Å². The monoisotopic (exact) mass is 619 g/mol. The first-order chi connectivity index (χ1) is 22.4. The molecule has 238 valence electrons. The van der Waals surface area contributed by atoms with Gasteiger partial charge in [0, 0.05) is 72.5 Å². The number of pyridine rings is 2. The Bertz CT molecular complexity index is 1740. The molecule has 11 heteroatoms. The predicted molar refractivity (Wildman–Crippen MR) is 173 cm³/mol. The number of hydrogen-bond donors (Lipinski definition) is 1. The van der Waals surface area contributed by atoms with Crippen molar-refractivity contribution in [3.8, 4) is 22.9 Å². The Morgan fingerprint density at radius 2 is 1.72 bits per heavy atom. The summed E-state index contributed by atoms with van der Waals surface area (Å²) in [5.74, 6) is 2.60. The second-order valence-corrected chi connectivity index (χ2v) is 13.6. The number of piperidine rings is 2. The second kappa shape index (κ2) is 11.9. The maximum atomic E-state index is 10.1. The minimum atomic E-state index is -0.142. The lowest BCUT2D eigenvalue weighted by molar-refractivity contribution is -0.0108. The summed E-state index contributed by atoms with van der Waals surface area (Å²) in [4.78, 5) is 21.7. The highest BCUT2D eigenvalue weighted by Gasteiger charge is 2.45. The van der Waals surface area contributed by atoms with Crippen LogP contribution in [0.2, 0.25) is 0 Å². The van der Waals surface area contributed by atoms with Crippen LogP contribution < -0.4 is 9.64 Å². The Balaban J connectivity index is 0.942. The molecule has 0 aromatic carbocycles. The van der Waals surface area contributed by atoms with Crippen molar-refractivity contribution >= 4 is 11.3 Å². The molecule has 5 aliphatic rings. The zero-order valence-electron chi connectivity index (χ0n) is 26.6. The van der Waals surface area contributed by atoms with Gasteiger partial charge in [-0.3, -0.25) is 9.80 Å². The van der Waals surface area contributed by atoms with E-state index in [0.717, 1.165) is 90.9 Å². The average Bonchev–Trinajstić information content (AvgIpc) is 3.58. The van der Waals surface area contributed by atoms with Crippen LogP contribution in [0.3, 0.4) is 0 Å². The van der Waals surface area contributed by atoms with Crippen molar-refractivity contribution in [3.63, 3.8) is 0 Å². The summed E-state index contributed by atoms with van der Waals surface area (Å²) >= 11 is 0. The topological polar surface area (TPSA) is 119 Å². The number of fused-ring (bicyclic) bond motifs is 5. The van der Waals surface area contributed by atoms with Gasteiger partial charge in [0.2, 0.25) is 0 Å². The van der Waals surface area contributed by atoms with Gasteiger partial charge in [0.05, 0.1) is 42.7 Å². The number of aliphatic hydroxyl groups is 1. The number of aromatic nitrogens is 5. The van der Waals surface area contributed by atoms with Gasteiger partial charge in [-0.2, -0.15) is 10.4 Å². The molecule has 0 spiro atoms. The summed E-state index contributed by atoms with van der Waals surface area (Å²) in [6.07, 6.45) is 11.5. The van der Waals surface area contributed by atoms with Crippen molar-refractivity contribution in [2.45, 2.75) is 89.2 Å². The standard InChI is InChI=1S/C35H41N9O2/c1-22-10-23(2)40-33(39-22)21-43-28-11-29(43)19-41(18-28)34-7-4-24(16-37-34)32-14-31(20-44-35(32)25(15-36)17-38-44)46-9-3-8-42-26-5-6-27(42)13-30(45)12-26/h4,7,10,14,16-17,20,26-30,45H,3,5-6,8-9,11-13,18-19,21H2,1-2H3/t26-,27+,28?,29?,30+. The molecule has 5 aliphatic heterocycles. The van der Waals surface area contributed by atoms with Crippen molar-refractivity contribution in [1.82, 2.24) is 34.4 Å². The first kappa shape index (κ1) is 29.3. The fraction of sp³-hybridized carbons (Fsp3) is 0.514. The second-order valence-electron chi connectivity index (χ2n) is 13.6. The molecule has 0 saturated carbocycles. The smallest absolute Gasteiger partial charge is 0.142 e. The lowest BCUT2D eigenvalue weighted by Gasteiger charge is -2.56. The Labute approximate surface area is 269 Å². The molecule has 9 heterocycles. The molecule has 11 nitrogen and oxygen atoms in total. The molecule has 4 bridgehead atoms. The van der Waals surface area contributed by atoms with Crippen molar-refractivity contribution in [2.75, 3.05) is 31.1 Å². The van der Waals surface area contributed by atoms with E-state index in [-0.39, 0.29) is 6.10 Å². The van der Waals surface area contributed by atoms with Gasteiger partial charge in [-0.15, -0.1) is 0 Å². The van der Waals surface area contributed by atoms with E-state index < -0.39 is 0 Å². The fourth-order valence-electron chi connectivity index (χ4n) is 8.42. The Morgan fingerprint density at radius 3 is 2.41 bits per heavy atom. The predicted octanol–water partition coefficient (Wildman–Crippen LogP) is 3.89. The number of nitrogens with zero attached hydrogens (tertiary/aromatic N) is 9. The summed E-state index contributed by atoms with van der Waals surface area (Å²) in [6.45, 7) is 8.30. The number of hydrogen-bond acceptors (Lipinski definition) is 10. The SMILES string of the molecule is Cc1cc(C)nc(CN2C3CC2CN(c2ccc(-c4cc(OCCCN5[C@@H]6CC[C@H]5C[C@@H](O)C6)cn5ncc(C#N)c45)cn2)C3)n1. The van der Waals surface area contributed by atoms with E-state index in [1.807, 2.05) is 38.4 Å². The van der Waals surface area contributed by atoms with E-state index in [2.05, 4.69) is 48.0 Å². The van der Waals surface area contributed by atoms with Crippen LogP contribution in [-0.2, 0) is 6.54 Å². The van der Waals surface area contributed by atoms with Crippen LogP contribution in [0.4, 0.5) is 5.82 Å². The van der Waals surface area contributed by atoms with Gasteiger partial charge in [-0.05, 0) is 76.6 Å². The molecule has 1 N–H and O–H groups in total. The summed E-state index contributed by atoms with van der Waals surface area (Å²) < 4.78 is 8.01. The molecular formula is C35H41N9O2. The average molecular weight is 620 g/mol. The minimum absolute atomic E-state index is 0.142. The number of nitriles is 1. The molecule has 2 unspecified atom stereocenters. The maximum Gasteiger partial charge on any atom is 0.142 e. The zero-order valence-corrected chi connectivity index (χ0v) is 26.6. The van der Waals surface area contributed by atoms with Crippen LogP contribution in [0.15, 0.2) is 42.9 Å². The first-order valence-corrected chi connectivity index (χ1v) is 16.7. The third-order valence-electron chi connectivity index (χ3n) is 10.5. The van der Waals surface area contributed by atoms with Gasteiger partial charge >= 0.3 is 0 Å². The highest BCUT2D eigenvalue weighted by Crippen LogP contribution is 2.37. The van der Waals surface area contributed by atoms with Gasteiger partial charge < -0.3 is 14.7 Å². The van der Waals surface area contributed by atoms with Gasteiger partial charge in [0.15, 0.2) is 0 Å². The number of aryl methyl sites for hydroxylation is 2. The van der Waals surface area contributed by atoms with E-state index in [4.69, 9.17) is 9.72 Å². The lowest BCUT2D eigenvalue weighted by atomic mass is 9.87. The molecule has 5 fully saturated rings. The quantitative estimate of drug-likeness (QED) is 0.277. The van der Waals surface area contributed by atoms with Crippen LogP contribution in [0.1, 0.15) is 61.3 Å². The summed E-state index contributed by atoms with van der Waals surface area (Å²) in [6, 6.07) is 12.5.